The monoisotopic (exact) mass is 270 g/mol. The number of para-hydroxylation sites is 2. The molecule has 3 aromatic rings. The Kier molecular flexibility index (Phi) is 3.06. The number of benzene rings is 1. The average Bonchev–Trinajstić information content (AvgIpc) is 3.00. The Bertz CT molecular complexity index is 772. The van der Waals surface area contributed by atoms with Crippen molar-refractivity contribution in [3.05, 3.63) is 41.9 Å². The van der Waals surface area contributed by atoms with Crippen molar-refractivity contribution in [3.63, 3.8) is 0 Å². The minimum atomic E-state index is -0.0529. The van der Waals surface area contributed by atoms with Gasteiger partial charge in [-0.2, -0.15) is 0 Å². The van der Waals surface area contributed by atoms with Crippen LogP contribution in [0.4, 0.5) is 0 Å². The molecule has 2 aromatic heterocycles. The number of imidazole rings is 1. The van der Waals surface area contributed by atoms with Gasteiger partial charge in [0.2, 0.25) is 11.8 Å². The molecule has 0 atom stereocenters. The number of rotatable bonds is 4. The summed E-state index contributed by atoms with van der Waals surface area (Å²) < 4.78 is 7.25. The van der Waals surface area contributed by atoms with Gasteiger partial charge in [-0.1, -0.05) is 12.1 Å². The van der Waals surface area contributed by atoms with E-state index in [1.807, 2.05) is 28.8 Å². The third-order valence-corrected chi connectivity index (χ3v) is 3.09. The maximum absolute atomic E-state index is 11.7. The van der Waals surface area contributed by atoms with Crippen molar-refractivity contribution in [1.29, 1.82) is 0 Å². The quantitative estimate of drug-likeness (QED) is 0.679. The molecule has 2 heterocycles. The number of hydrogen-bond donors (Lipinski definition) is 0. The largest absolute Gasteiger partial charge is 0.426 e. The molecule has 1 aromatic carbocycles. The van der Waals surface area contributed by atoms with Gasteiger partial charge in [-0.15, -0.1) is 10.2 Å². The molecule has 20 heavy (non-hydrogen) atoms. The summed E-state index contributed by atoms with van der Waals surface area (Å²) in [7, 11) is 0. The van der Waals surface area contributed by atoms with E-state index in [-0.39, 0.29) is 5.78 Å². The summed E-state index contributed by atoms with van der Waals surface area (Å²) in [6.07, 6.45) is 0.571. The van der Waals surface area contributed by atoms with E-state index in [2.05, 4.69) is 15.2 Å². The molecule has 0 aliphatic carbocycles. The third kappa shape index (κ3) is 2.20. The molecular formula is C14H14N4O2. The van der Waals surface area contributed by atoms with E-state index in [9.17, 15) is 4.79 Å². The highest BCUT2D eigenvalue weighted by molar-refractivity contribution is 5.94. The fourth-order valence-electron chi connectivity index (χ4n) is 2.22. The molecule has 0 fully saturated rings. The molecule has 6 heteroatoms. The summed E-state index contributed by atoms with van der Waals surface area (Å²) in [5, 5.41) is 7.76. The van der Waals surface area contributed by atoms with Gasteiger partial charge in [-0.3, -0.25) is 4.79 Å². The van der Waals surface area contributed by atoms with Gasteiger partial charge in [0.15, 0.2) is 11.6 Å². The molecule has 0 amide bonds. The number of fused-ring (bicyclic) bond motifs is 1. The number of Topliss-reactive ketones (excluding diaryl/α,β-unsaturated/α-hetero) is 1. The van der Waals surface area contributed by atoms with Crippen molar-refractivity contribution < 1.29 is 9.21 Å². The molecule has 3 rings (SSSR count). The SMILES string of the molecule is CC(=O)c1nc2ccccc2n1CCc1nnc(C)o1. The second-order valence-electron chi connectivity index (χ2n) is 4.60. The molecule has 0 saturated carbocycles. The molecule has 0 bridgehead atoms. The average molecular weight is 270 g/mol. The zero-order valence-electron chi connectivity index (χ0n) is 11.3. The molecule has 0 aliphatic rings. The Morgan fingerprint density at radius 3 is 2.80 bits per heavy atom. The minimum Gasteiger partial charge on any atom is -0.426 e. The van der Waals surface area contributed by atoms with Gasteiger partial charge in [-0.05, 0) is 12.1 Å². The lowest BCUT2D eigenvalue weighted by Crippen LogP contribution is -2.09. The topological polar surface area (TPSA) is 73.8 Å². The van der Waals surface area contributed by atoms with Crippen LogP contribution < -0.4 is 0 Å². The number of carbonyl (C=O) groups excluding carboxylic acids is 1. The molecule has 0 aliphatic heterocycles. The van der Waals surface area contributed by atoms with Crippen LogP contribution in [-0.2, 0) is 13.0 Å². The first-order valence-corrected chi connectivity index (χ1v) is 6.40. The molecule has 0 N–H and O–H groups in total. The standard InChI is InChI=1S/C14H14N4O2/c1-9(19)14-15-11-5-3-4-6-12(11)18(14)8-7-13-17-16-10(2)20-13/h3-6H,7-8H2,1-2H3. The van der Waals surface area contributed by atoms with E-state index in [0.717, 1.165) is 11.0 Å². The van der Waals surface area contributed by atoms with Gasteiger partial charge >= 0.3 is 0 Å². The number of aromatic nitrogens is 4. The Labute approximate surface area is 115 Å². The van der Waals surface area contributed by atoms with Crippen LogP contribution in [-0.4, -0.2) is 25.5 Å². The zero-order chi connectivity index (χ0) is 14.1. The molecule has 0 radical (unpaired) electrons. The summed E-state index contributed by atoms with van der Waals surface area (Å²) in [6.45, 7) is 3.86. The molecule has 0 spiro atoms. The van der Waals surface area contributed by atoms with Gasteiger partial charge < -0.3 is 8.98 Å². The predicted octanol–water partition coefficient (Wildman–Crippen LogP) is 2.17. The van der Waals surface area contributed by atoms with E-state index >= 15 is 0 Å². The first-order valence-electron chi connectivity index (χ1n) is 6.40. The summed E-state index contributed by atoms with van der Waals surface area (Å²) in [5.74, 6) is 1.52. The van der Waals surface area contributed by atoms with Crippen molar-refractivity contribution in [2.45, 2.75) is 26.8 Å². The maximum Gasteiger partial charge on any atom is 0.218 e. The molecule has 0 unspecified atom stereocenters. The number of nitrogens with zero attached hydrogens (tertiary/aromatic N) is 4. The zero-order valence-corrected chi connectivity index (χ0v) is 11.3. The van der Waals surface area contributed by atoms with Crippen LogP contribution >= 0.6 is 0 Å². The van der Waals surface area contributed by atoms with E-state index in [1.54, 1.807) is 6.92 Å². The lowest BCUT2D eigenvalue weighted by Gasteiger charge is -2.05. The molecular weight excluding hydrogens is 256 g/mol. The van der Waals surface area contributed by atoms with E-state index < -0.39 is 0 Å². The summed E-state index contributed by atoms with van der Waals surface area (Å²) in [5.41, 5.74) is 1.76. The highest BCUT2D eigenvalue weighted by Crippen LogP contribution is 2.17. The second kappa shape index (κ2) is 4.88. The number of hydrogen-bond acceptors (Lipinski definition) is 5. The summed E-state index contributed by atoms with van der Waals surface area (Å²) in [4.78, 5) is 16.1. The van der Waals surface area contributed by atoms with E-state index in [4.69, 9.17) is 4.42 Å². The fourth-order valence-corrected chi connectivity index (χ4v) is 2.22. The smallest absolute Gasteiger partial charge is 0.218 e. The van der Waals surface area contributed by atoms with Crippen LogP contribution in [0.2, 0.25) is 0 Å². The lowest BCUT2D eigenvalue weighted by molar-refractivity contribution is 0.0999. The molecule has 0 saturated heterocycles. The molecule has 6 nitrogen and oxygen atoms in total. The normalized spacial score (nSPS) is 11.1. The van der Waals surface area contributed by atoms with Crippen LogP contribution in [0.3, 0.4) is 0 Å². The first-order chi connectivity index (χ1) is 9.65. The van der Waals surface area contributed by atoms with Crippen LogP contribution in [0.25, 0.3) is 11.0 Å². The fraction of sp³-hybridized carbons (Fsp3) is 0.286. The maximum atomic E-state index is 11.7. The van der Waals surface area contributed by atoms with Crippen LogP contribution in [0.1, 0.15) is 29.3 Å². The van der Waals surface area contributed by atoms with Gasteiger partial charge in [0, 0.05) is 26.8 Å². The minimum absolute atomic E-state index is 0.0529. The Morgan fingerprint density at radius 2 is 2.10 bits per heavy atom. The highest BCUT2D eigenvalue weighted by Gasteiger charge is 2.14. The highest BCUT2D eigenvalue weighted by atomic mass is 16.4. The van der Waals surface area contributed by atoms with Gasteiger partial charge in [0.25, 0.3) is 0 Å². The van der Waals surface area contributed by atoms with Crippen molar-refractivity contribution in [2.75, 3.05) is 0 Å². The lowest BCUT2D eigenvalue weighted by atomic mass is 10.3. The van der Waals surface area contributed by atoms with Crippen molar-refractivity contribution >= 4 is 16.8 Å². The van der Waals surface area contributed by atoms with Gasteiger partial charge in [0.05, 0.1) is 11.0 Å². The number of aryl methyl sites for hydroxylation is 3. The molecule has 102 valence electrons. The Hall–Kier alpha value is -2.50. The number of ketones is 1. The first kappa shape index (κ1) is 12.5. The van der Waals surface area contributed by atoms with E-state index in [0.29, 0.717) is 30.6 Å². The number of carbonyl (C=O) groups is 1. The predicted molar refractivity (Wildman–Crippen MR) is 72.5 cm³/mol. The van der Waals surface area contributed by atoms with Crippen LogP contribution in [0.15, 0.2) is 28.7 Å². The van der Waals surface area contributed by atoms with Gasteiger partial charge in [0.1, 0.15) is 0 Å². The summed E-state index contributed by atoms with van der Waals surface area (Å²) >= 11 is 0. The van der Waals surface area contributed by atoms with Crippen molar-refractivity contribution in [3.8, 4) is 0 Å². The second-order valence-corrected chi connectivity index (χ2v) is 4.60. The van der Waals surface area contributed by atoms with Crippen LogP contribution in [0, 0.1) is 6.92 Å². The van der Waals surface area contributed by atoms with E-state index in [1.165, 1.54) is 6.92 Å². The van der Waals surface area contributed by atoms with Crippen molar-refractivity contribution in [1.82, 2.24) is 19.7 Å². The van der Waals surface area contributed by atoms with Crippen molar-refractivity contribution in [2.24, 2.45) is 0 Å². The Morgan fingerprint density at radius 1 is 1.30 bits per heavy atom. The third-order valence-electron chi connectivity index (χ3n) is 3.09. The van der Waals surface area contributed by atoms with Crippen LogP contribution in [0.5, 0.6) is 0 Å². The summed E-state index contributed by atoms with van der Waals surface area (Å²) in [6, 6.07) is 7.69. The van der Waals surface area contributed by atoms with Gasteiger partial charge in [-0.25, -0.2) is 4.98 Å². The Balaban J connectivity index is 1.96.